The molecule has 0 spiro atoms. The first-order valence-corrected chi connectivity index (χ1v) is 7.01. The van der Waals surface area contributed by atoms with E-state index in [0.29, 0.717) is 11.5 Å². The standard InChI is InChI=1S/C17H19N3O2/c1-12-7-8-13(2)16(10-12)22-11-17(21)20-19-14(3)15-6-4-5-9-18-15/h4-10H,11H2,1-3H3,(H,20,21)/b19-14-. The molecule has 1 N–H and O–H groups in total. The third kappa shape index (κ3) is 4.41. The lowest BCUT2D eigenvalue weighted by atomic mass is 10.1. The van der Waals surface area contributed by atoms with Crippen LogP contribution in [-0.4, -0.2) is 23.2 Å². The zero-order valence-electron chi connectivity index (χ0n) is 13.0. The summed E-state index contributed by atoms with van der Waals surface area (Å²) in [7, 11) is 0. The van der Waals surface area contributed by atoms with Crippen molar-refractivity contribution in [2.45, 2.75) is 20.8 Å². The molecular weight excluding hydrogens is 278 g/mol. The number of benzene rings is 1. The highest BCUT2D eigenvalue weighted by Gasteiger charge is 2.05. The molecule has 1 amide bonds. The summed E-state index contributed by atoms with van der Waals surface area (Å²) in [5.41, 5.74) is 5.91. The van der Waals surface area contributed by atoms with E-state index in [1.165, 1.54) is 0 Å². The monoisotopic (exact) mass is 297 g/mol. The quantitative estimate of drug-likeness (QED) is 0.681. The van der Waals surface area contributed by atoms with Crippen molar-refractivity contribution in [3.05, 3.63) is 59.4 Å². The number of amides is 1. The van der Waals surface area contributed by atoms with E-state index >= 15 is 0 Å². The number of hydrogen-bond donors (Lipinski definition) is 1. The summed E-state index contributed by atoms with van der Waals surface area (Å²) in [4.78, 5) is 15.9. The van der Waals surface area contributed by atoms with Crippen LogP contribution in [0.4, 0.5) is 0 Å². The van der Waals surface area contributed by atoms with Crippen molar-refractivity contribution in [2.24, 2.45) is 5.10 Å². The fourth-order valence-electron chi connectivity index (χ4n) is 1.82. The number of rotatable bonds is 5. The Balaban J connectivity index is 1.89. The molecule has 0 aliphatic rings. The number of nitrogens with one attached hydrogen (secondary N) is 1. The van der Waals surface area contributed by atoms with Crippen LogP contribution < -0.4 is 10.2 Å². The van der Waals surface area contributed by atoms with Gasteiger partial charge < -0.3 is 4.74 Å². The van der Waals surface area contributed by atoms with Crippen molar-refractivity contribution in [1.29, 1.82) is 0 Å². The van der Waals surface area contributed by atoms with Gasteiger partial charge in [0.15, 0.2) is 6.61 Å². The number of aryl methyl sites for hydroxylation is 2. The maximum atomic E-state index is 11.8. The van der Waals surface area contributed by atoms with Crippen LogP contribution in [0.1, 0.15) is 23.7 Å². The molecule has 0 saturated carbocycles. The minimum Gasteiger partial charge on any atom is -0.483 e. The Morgan fingerprint density at radius 2 is 2.09 bits per heavy atom. The van der Waals surface area contributed by atoms with E-state index in [4.69, 9.17) is 4.74 Å². The maximum absolute atomic E-state index is 11.8. The predicted molar refractivity (Wildman–Crippen MR) is 86.0 cm³/mol. The largest absolute Gasteiger partial charge is 0.483 e. The number of hydrogen-bond acceptors (Lipinski definition) is 4. The Kier molecular flexibility index (Phi) is 5.25. The van der Waals surface area contributed by atoms with E-state index in [1.807, 2.05) is 50.2 Å². The van der Waals surface area contributed by atoms with E-state index in [2.05, 4.69) is 15.5 Å². The molecule has 1 aromatic carbocycles. The van der Waals surface area contributed by atoms with Crippen LogP contribution in [0.25, 0.3) is 0 Å². The summed E-state index contributed by atoms with van der Waals surface area (Å²) in [5.74, 6) is 0.400. The van der Waals surface area contributed by atoms with Crippen molar-refractivity contribution in [1.82, 2.24) is 10.4 Å². The van der Waals surface area contributed by atoms with Crippen molar-refractivity contribution in [3.63, 3.8) is 0 Å². The smallest absolute Gasteiger partial charge is 0.277 e. The van der Waals surface area contributed by atoms with Crippen LogP contribution in [-0.2, 0) is 4.79 Å². The van der Waals surface area contributed by atoms with Gasteiger partial charge in [-0.25, -0.2) is 5.43 Å². The molecule has 1 aromatic heterocycles. The summed E-state index contributed by atoms with van der Waals surface area (Å²) in [6.07, 6.45) is 1.68. The molecule has 1 heterocycles. The molecule has 0 aliphatic heterocycles. The molecule has 2 rings (SSSR count). The number of nitrogens with zero attached hydrogens (tertiary/aromatic N) is 2. The van der Waals surface area contributed by atoms with Gasteiger partial charge in [0.2, 0.25) is 0 Å². The van der Waals surface area contributed by atoms with E-state index < -0.39 is 0 Å². The van der Waals surface area contributed by atoms with Gasteiger partial charge in [-0.05, 0) is 50.1 Å². The minimum absolute atomic E-state index is 0.0801. The molecule has 5 heteroatoms. The van der Waals surface area contributed by atoms with Crippen molar-refractivity contribution in [3.8, 4) is 5.75 Å². The van der Waals surface area contributed by atoms with Gasteiger partial charge in [0.05, 0.1) is 11.4 Å². The topological polar surface area (TPSA) is 63.6 Å². The zero-order valence-corrected chi connectivity index (χ0v) is 13.0. The Labute approximate surface area is 130 Å². The fourth-order valence-corrected chi connectivity index (χ4v) is 1.82. The second kappa shape index (κ2) is 7.36. The Morgan fingerprint density at radius 3 is 2.82 bits per heavy atom. The SMILES string of the molecule is C/C(=N/NC(=O)COc1cc(C)ccc1C)c1ccccn1. The van der Waals surface area contributed by atoms with Gasteiger partial charge in [0, 0.05) is 6.20 Å². The molecule has 0 aliphatic carbocycles. The number of hydrazone groups is 1. The minimum atomic E-state index is -0.309. The summed E-state index contributed by atoms with van der Waals surface area (Å²) < 4.78 is 5.52. The lowest BCUT2D eigenvalue weighted by molar-refractivity contribution is -0.123. The van der Waals surface area contributed by atoms with Gasteiger partial charge in [-0.3, -0.25) is 9.78 Å². The van der Waals surface area contributed by atoms with E-state index in [1.54, 1.807) is 13.1 Å². The van der Waals surface area contributed by atoms with E-state index in [-0.39, 0.29) is 12.5 Å². The first-order chi connectivity index (χ1) is 10.6. The highest BCUT2D eigenvalue weighted by atomic mass is 16.5. The molecule has 2 aromatic rings. The van der Waals surface area contributed by atoms with Crippen LogP contribution in [0.3, 0.4) is 0 Å². The van der Waals surface area contributed by atoms with Crippen LogP contribution in [0.15, 0.2) is 47.7 Å². The number of ether oxygens (including phenoxy) is 1. The van der Waals surface area contributed by atoms with Gasteiger partial charge in [-0.1, -0.05) is 18.2 Å². The zero-order chi connectivity index (χ0) is 15.9. The normalized spacial score (nSPS) is 11.1. The van der Waals surface area contributed by atoms with Crippen LogP contribution >= 0.6 is 0 Å². The summed E-state index contributed by atoms with van der Waals surface area (Å²) >= 11 is 0. The second-order valence-corrected chi connectivity index (χ2v) is 5.00. The average molecular weight is 297 g/mol. The number of pyridine rings is 1. The number of carbonyl (C=O) groups is 1. The first kappa shape index (κ1) is 15.7. The number of aromatic nitrogens is 1. The third-order valence-electron chi connectivity index (χ3n) is 3.09. The average Bonchev–Trinajstić information content (AvgIpc) is 2.54. The Bertz CT molecular complexity index is 682. The molecule has 0 unspecified atom stereocenters. The predicted octanol–water partition coefficient (Wildman–Crippen LogP) is 2.62. The Hall–Kier alpha value is -2.69. The van der Waals surface area contributed by atoms with Crippen molar-refractivity contribution < 1.29 is 9.53 Å². The highest BCUT2D eigenvalue weighted by molar-refractivity contribution is 5.97. The van der Waals surface area contributed by atoms with Gasteiger partial charge >= 0.3 is 0 Å². The van der Waals surface area contributed by atoms with Gasteiger partial charge in [-0.2, -0.15) is 5.10 Å². The molecule has 114 valence electrons. The highest BCUT2D eigenvalue weighted by Crippen LogP contribution is 2.18. The summed E-state index contributed by atoms with van der Waals surface area (Å²) in [6.45, 7) is 5.63. The summed E-state index contributed by atoms with van der Waals surface area (Å²) in [6, 6.07) is 11.4. The first-order valence-electron chi connectivity index (χ1n) is 7.01. The van der Waals surface area contributed by atoms with Crippen LogP contribution in [0.2, 0.25) is 0 Å². The maximum Gasteiger partial charge on any atom is 0.277 e. The number of carbonyl (C=O) groups excluding carboxylic acids is 1. The van der Waals surface area contributed by atoms with Gasteiger partial charge in [0.25, 0.3) is 5.91 Å². The van der Waals surface area contributed by atoms with Crippen molar-refractivity contribution >= 4 is 11.6 Å². The molecule has 0 atom stereocenters. The molecule has 5 nitrogen and oxygen atoms in total. The molecule has 22 heavy (non-hydrogen) atoms. The third-order valence-corrected chi connectivity index (χ3v) is 3.09. The van der Waals surface area contributed by atoms with Crippen LogP contribution in [0, 0.1) is 13.8 Å². The van der Waals surface area contributed by atoms with Crippen LogP contribution in [0.5, 0.6) is 5.75 Å². The second-order valence-electron chi connectivity index (χ2n) is 5.00. The molecule has 0 saturated heterocycles. The van der Waals surface area contributed by atoms with Gasteiger partial charge in [-0.15, -0.1) is 0 Å². The van der Waals surface area contributed by atoms with E-state index in [0.717, 1.165) is 16.8 Å². The Morgan fingerprint density at radius 1 is 1.27 bits per heavy atom. The molecule has 0 fully saturated rings. The summed E-state index contributed by atoms with van der Waals surface area (Å²) in [5, 5.41) is 4.02. The fraction of sp³-hybridized carbons (Fsp3) is 0.235. The lowest BCUT2D eigenvalue weighted by Crippen LogP contribution is -2.25. The van der Waals surface area contributed by atoms with E-state index in [9.17, 15) is 4.79 Å². The molecule has 0 radical (unpaired) electrons. The molecular formula is C17H19N3O2. The van der Waals surface area contributed by atoms with Gasteiger partial charge in [0.1, 0.15) is 5.75 Å². The lowest BCUT2D eigenvalue weighted by Gasteiger charge is -2.09. The van der Waals surface area contributed by atoms with Crippen molar-refractivity contribution in [2.75, 3.05) is 6.61 Å². The molecule has 0 bridgehead atoms.